The van der Waals surface area contributed by atoms with Gasteiger partial charge in [-0.3, -0.25) is 14.5 Å². The Bertz CT molecular complexity index is 1220. The van der Waals surface area contributed by atoms with E-state index in [-0.39, 0.29) is 18.2 Å². The van der Waals surface area contributed by atoms with Gasteiger partial charge in [-0.05, 0) is 53.8 Å². The Morgan fingerprint density at radius 1 is 0.912 bits per heavy atom. The standard InChI is InChI=1S/C28H25FN2O2S/c1-20-9-15-24(16-10-20)31(26(32)18-25-8-5-17-34-25)27(22-11-13-23(29)14-12-22)28(33)30-19-21-6-3-2-4-7-21/h2-17,27H,18-19H2,1H3,(H,30,33)/t27-/m0/s1. The van der Waals surface area contributed by atoms with E-state index in [2.05, 4.69) is 5.32 Å². The molecule has 0 aliphatic heterocycles. The molecule has 0 aliphatic carbocycles. The first-order valence-electron chi connectivity index (χ1n) is 11.0. The first kappa shape index (κ1) is 23.4. The van der Waals surface area contributed by atoms with E-state index in [0.29, 0.717) is 17.8 Å². The smallest absolute Gasteiger partial charge is 0.248 e. The Labute approximate surface area is 202 Å². The van der Waals surface area contributed by atoms with Crippen molar-refractivity contribution >= 4 is 28.8 Å². The quantitative estimate of drug-likeness (QED) is 0.351. The molecule has 0 spiro atoms. The summed E-state index contributed by atoms with van der Waals surface area (Å²) in [4.78, 5) is 29.7. The monoisotopic (exact) mass is 472 g/mol. The van der Waals surface area contributed by atoms with Crippen molar-refractivity contribution in [1.29, 1.82) is 0 Å². The predicted molar refractivity (Wildman–Crippen MR) is 134 cm³/mol. The summed E-state index contributed by atoms with van der Waals surface area (Å²) in [7, 11) is 0. The highest BCUT2D eigenvalue weighted by atomic mass is 32.1. The number of thiophene rings is 1. The van der Waals surface area contributed by atoms with E-state index in [1.807, 2.05) is 79.0 Å². The van der Waals surface area contributed by atoms with E-state index >= 15 is 0 Å². The number of carbonyl (C=O) groups is 2. The number of nitrogens with zero attached hydrogens (tertiary/aromatic N) is 1. The van der Waals surface area contributed by atoms with Gasteiger partial charge in [-0.1, -0.05) is 66.2 Å². The summed E-state index contributed by atoms with van der Waals surface area (Å²) in [6, 6.07) is 25.6. The van der Waals surface area contributed by atoms with Crippen LogP contribution in [0.15, 0.2) is 96.4 Å². The van der Waals surface area contributed by atoms with Crippen LogP contribution in [-0.2, 0) is 22.6 Å². The van der Waals surface area contributed by atoms with Gasteiger partial charge < -0.3 is 5.32 Å². The highest BCUT2D eigenvalue weighted by molar-refractivity contribution is 7.10. The number of nitrogens with one attached hydrogen (secondary N) is 1. The van der Waals surface area contributed by atoms with Gasteiger partial charge in [0.05, 0.1) is 6.42 Å². The van der Waals surface area contributed by atoms with Crippen LogP contribution in [0.4, 0.5) is 10.1 Å². The minimum absolute atomic E-state index is 0.162. The summed E-state index contributed by atoms with van der Waals surface area (Å²) in [5, 5.41) is 4.88. The number of anilines is 1. The fraction of sp³-hybridized carbons (Fsp3) is 0.143. The lowest BCUT2D eigenvalue weighted by molar-refractivity contribution is -0.126. The molecule has 0 saturated carbocycles. The van der Waals surface area contributed by atoms with Crippen LogP contribution < -0.4 is 10.2 Å². The van der Waals surface area contributed by atoms with Gasteiger partial charge >= 0.3 is 0 Å². The van der Waals surface area contributed by atoms with E-state index in [1.165, 1.54) is 28.4 Å². The second-order valence-corrected chi connectivity index (χ2v) is 9.05. The van der Waals surface area contributed by atoms with Crippen molar-refractivity contribution in [3.63, 3.8) is 0 Å². The molecule has 0 unspecified atom stereocenters. The average Bonchev–Trinajstić information content (AvgIpc) is 3.36. The molecule has 4 nitrogen and oxygen atoms in total. The van der Waals surface area contributed by atoms with Crippen molar-refractivity contribution in [3.8, 4) is 0 Å². The minimum Gasteiger partial charge on any atom is -0.350 e. The molecule has 6 heteroatoms. The average molecular weight is 473 g/mol. The lowest BCUT2D eigenvalue weighted by atomic mass is 10.0. The van der Waals surface area contributed by atoms with Crippen LogP contribution in [0, 0.1) is 12.7 Å². The third-order valence-corrected chi connectivity index (χ3v) is 6.36. The van der Waals surface area contributed by atoms with Crippen LogP contribution in [0.3, 0.4) is 0 Å². The highest BCUT2D eigenvalue weighted by Crippen LogP contribution is 2.30. The van der Waals surface area contributed by atoms with Crippen molar-refractivity contribution in [1.82, 2.24) is 5.32 Å². The summed E-state index contributed by atoms with van der Waals surface area (Å²) in [6.07, 6.45) is 0.162. The third kappa shape index (κ3) is 5.77. The molecule has 4 aromatic rings. The van der Waals surface area contributed by atoms with Crippen molar-refractivity contribution in [2.45, 2.75) is 25.9 Å². The molecule has 1 N–H and O–H groups in total. The van der Waals surface area contributed by atoms with Crippen molar-refractivity contribution in [3.05, 3.63) is 124 Å². The summed E-state index contributed by atoms with van der Waals surface area (Å²) in [6.45, 7) is 2.28. The summed E-state index contributed by atoms with van der Waals surface area (Å²) < 4.78 is 13.7. The van der Waals surface area contributed by atoms with Crippen LogP contribution in [0.25, 0.3) is 0 Å². The van der Waals surface area contributed by atoms with Crippen LogP contribution >= 0.6 is 11.3 Å². The Kier molecular flexibility index (Phi) is 7.50. The molecule has 0 bridgehead atoms. The van der Waals surface area contributed by atoms with Crippen LogP contribution in [0.1, 0.15) is 27.6 Å². The number of halogens is 1. The van der Waals surface area contributed by atoms with E-state index in [9.17, 15) is 14.0 Å². The van der Waals surface area contributed by atoms with Gasteiger partial charge in [0.2, 0.25) is 11.8 Å². The summed E-state index contributed by atoms with van der Waals surface area (Å²) in [5.74, 6) is -0.954. The first-order valence-corrected chi connectivity index (χ1v) is 11.9. The second-order valence-electron chi connectivity index (χ2n) is 8.01. The van der Waals surface area contributed by atoms with Crippen LogP contribution in [-0.4, -0.2) is 11.8 Å². The second kappa shape index (κ2) is 10.9. The molecule has 0 aliphatic rings. The van der Waals surface area contributed by atoms with Gasteiger partial charge in [-0.2, -0.15) is 0 Å². The van der Waals surface area contributed by atoms with Crippen LogP contribution in [0.5, 0.6) is 0 Å². The summed E-state index contributed by atoms with van der Waals surface area (Å²) in [5.41, 5.74) is 3.13. The number of aryl methyl sites for hydroxylation is 1. The number of hydrogen-bond acceptors (Lipinski definition) is 3. The number of amides is 2. The SMILES string of the molecule is Cc1ccc(N(C(=O)Cc2cccs2)[C@H](C(=O)NCc2ccccc2)c2ccc(F)cc2)cc1. The third-order valence-electron chi connectivity index (χ3n) is 5.49. The zero-order valence-electron chi connectivity index (χ0n) is 18.8. The van der Waals surface area contributed by atoms with E-state index in [4.69, 9.17) is 0 Å². The topological polar surface area (TPSA) is 49.4 Å². The minimum atomic E-state index is -0.959. The van der Waals surface area contributed by atoms with Gasteiger partial charge in [-0.15, -0.1) is 11.3 Å². The highest BCUT2D eigenvalue weighted by Gasteiger charge is 2.33. The maximum atomic E-state index is 13.7. The normalized spacial score (nSPS) is 11.6. The molecule has 34 heavy (non-hydrogen) atoms. The zero-order valence-corrected chi connectivity index (χ0v) is 19.6. The molecule has 1 atom stereocenters. The van der Waals surface area contributed by atoms with Crippen LogP contribution in [0.2, 0.25) is 0 Å². The number of rotatable bonds is 8. The molecule has 3 aromatic carbocycles. The van der Waals surface area contributed by atoms with Gasteiger partial charge in [0.15, 0.2) is 0 Å². The molecule has 2 amide bonds. The summed E-state index contributed by atoms with van der Waals surface area (Å²) >= 11 is 1.49. The molecule has 1 aromatic heterocycles. The molecule has 0 saturated heterocycles. The molecule has 4 rings (SSSR count). The lowest BCUT2D eigenvalue weighted by Gasteiger charge is -2.31. The van der Waals surface area contributed by atoms with Crippen molar-refractivity contribution in [2.75, 3.05) is 4.90 Å². The van der Waals surface area contributed by atoms with Gasteiger partial charge in [0.25, 0.3) is 0 Å². The molecule has 0 radical (unpaired) electrons. The van der Waals surface area contributed by atoms with Gasteiger partial charge in [-0.25, -0.2) is 4.39 Å². The zero-order chi connectivity index (χ0) is 23.9. The van der Waals surface area contributed by atoms with E-state index in [1.54, 1.807) is 12.1 Å². The fourth-order valence-corrected chi connectivity index (χ4v) is 4.43. The van der Waals surface area contributed by atoms with Crippen molar-refractivity contribution < 1.29 is 14.0 Å². The van der Waals surface area contributed by atoms with Crippen molar-refractivity contribution in [2.24, 2.45) is 0 Å². The predicted octanol–water partition coefficient (Wildman–Crippen LogP) is 5.83. The Morgan fingerprint density at radius 3 is 2.26 bits per heavy atom. The number of carbonyl (C=O) groups excluding carboxylic acids is 2. The van der Waals surface area contributed by atoms with Gasteiger partial charge in [0, 0.05) is 17.1 Å². The maximum absolute atomic E-state index is 13.7. The van der Waals surface area contributed by atoms with E-state index < -0.39 is 11.9 Å². The maximum Gasteiger partial charge on any atom is 0.248 e. The molecule has 172 valence electrons. The largest absolute Gasteiger partial charge is 0.350 e. The fourth-order valence-electron chi connectivity index (χ4n) is 3.73. The number of benzene rings is 3. The Balaban J connectivity index is 1.72. The molecular formula is C28H25FN2O2S. The molecular weight excluding hydrogens is 447 g/mol. The first-order chi connectivity index (χ1) is 16.5. The Morgan fingerprint density at radius 2 is 1.62 bits per heavy atom. The van der Waals surface area contributed by atoms with E-state index in [0.717, 1.165) is 16.0 Å². The number of hydrogen-bond donors (Lipinski definition) is 1. The molecule has 0 fully saturated rings. The van der Waals surface area contributed by atoms with Gasteiger partial charge in [0.1, 0.15) is 11.9 Å². The lowest BCUT2D eigenvalue weighted by Crippen LogP contribution is -2.44. The molecule has 1 heterocycles. The Hall–Kier alpha value is -3.77.